The van der Waals surface area contributed by atoms with E-state index in [1.165, 1.54) is 0 Å². The quantitative estimate of drug-likeness (QED) is 0.490. The normalized spacial score (nSPS) is 11.5. The van der Waals surface area contributed by atoms with Crippen molar-refractivity contribution in [2.75, 3.05) is 7.11 Å². The number of benzene rings is 3. The van der Waals surface area contributed by atoms with Crippen LogP contribution in [0, 0.1) is 0 Å². The molecule has 0 aliphatic rings. The molecule has 1 atom stereocenters. The lowest BCUT2D eigenvalue weighted by atomic mass is 10.0. The molecule has 0 saturated heterocycles. The molecule has 0 unspecified atom stereocenters. The maximum Gasteiger partial charge on any atom is 0.247 e. The van der Waals surface area contributed by atoms with Crippen LogP contribution in [0.4, 0.5) is 0 Å². The Morgan fingerprint density at radius 1 is 0.969 bits per heavy atom. The predicted octanol–water partition coefficient (Wildman–Crippen LogP) is 5.14. The van der Waals surface area contributed by atoms with Gasteiger partial charge in [-0.3, -0.25) is 9.59 Å². The van der Waals surface area contributed by atoms with Crippen molar-refractivity contribution in [3.8, 4) is 5.75 Å². The van der Waals surface area contributed by atoms with Crippen molar-refractivity contribution in [1.82, 2.24) is 10.2 Å². The van der Waals surface area contributed by atoms with E-state index >= 15 is 0 Å². The molecule has 0 fully saturated rings. The maximum absolute atomic E-state index is 13.4. The van der Waals surface area contributed by atoms with Crippen molar-refractivity contribution >= 4 is 23.4 Å². The molecule has 32 heavy (non-hydrogen) atoms. The lowest BCUT2D eigenvalue weighted by molar-refractivity contribution is -0.141. The molecule has 3 aromatic carbocycles. The second kappa shape index (κ2) is 11.3. The molecule has 0 bridgehead atoms. The van der Waals surface area contributed by atoms with Crippen LogP contribution in [0.1, 0.15) is 36.1 Å². The van der Waals surface area contributed by atoms with E-state index in [1.807, 2.05) is 72.8 Å². The Bertz CT molecular complexity index is 1040. The third kappa shape index (κ3) is 5.89. The summed E-state index contributed by atoms with van der Waals surface area (Å²) in [6, 6.07) is 23.4. The molecule has 0 aliphatic carbocycles. The van der Waals surface area contributed by atoms with Crippen LogP contribution >= 0.6 is 11.6 Å². The third-order valence-corrected chi connectivity index (χ3v) is 5.59. The minimum atomic E-state index is -0.770. The summed E-state index contributed by atoms with van der Waals surface area (Å²) in [5.74, 6) is 0.369. The molecule has 1 N–H and O–H groups in total. The van der Waals surface area contributed by atoms with Crippen molar-refractivity contribution in [1.29, 1.82) is 0 Å². The van der Waals surface area contributed by atoms with Gasteiger partial charge in [-0.2, -0.15) is 0 Å². The minimum Gasteiger partial charge on any atom is -0.497 e. The molecule has 0 saturated carbocycles. The molecule has 0 aromatic heterocycles. The SMILES string of the molecule is CCC(=O)N(Cc1ccc(OC)cc1)[C@@H](C(=O)NCc1ccccc1Cl)c1ccccc1. The number of nitrogens with zero attached hydrogens (tertiary/aromatic N) is 1. The average Bonchev–Trinajstić information content (AvgIpc) is 2.83. The molecular weight excluding hydrogens is 424 g/mol. The summed E-state index contributed by atoms with van der Waals surface area (Å²) >= 11 is 6.25. The van der Waals surface area contributed by atoms with E-state index in [0.29, 0.717) is 11.6 Å². The van der Waals surface area contributed by atoms with Crippen LogP contribution < -0.4 is 10.1 Å². The van der Waals surface area contributed by atoms with Gasteiger partial charge in [0.1, 0.15) is 11.8 Å². The molecule has 3 rings (SSSR count). The predicted molar refractivity (Wildman–Crippen MR) is 126 cm³/mol. The summed E-state index contributed by atoms with van der Waals surface area (Å²) in [5.41, 5.74) is 2.48. The average molecular weight is 451 g/mol. The largest absolute Gasteiger partial charge is 0.497 e. The summed E-state index contributed by atoms with van der Waals surface area (Å²) in [7, 11) is 1.61. The number of methoxy groups -OCH3 is 1. The van der Waals surface area contributed by atoms with Crippen LogP contribution in [-0.4, -0.2) is 23.8 Å². The highest BCUT2D eigenvalue weighted by Crippen LogP contribution is 2.26. The molecule has 0 radical (unpaired) electrons. The Morgan fingerprint density at radius 2 is 1.62 bits per heavy atom. The van der Waals surface area contributed by atoms with Gasteiger partial charge in [-0.1, -0.05) is 79.2 Å². The van der Waals surface area contributed by atoms with Crippen LogP contribution in [0.15, 0.2) is 78.9 Å². The van der Waals surface area contributed by atoms with Crippen LogP contribution in [0.5, 0.6) is 5.75 Å². The van der Waals surface area contributed by atoms with Gasteiger partial charge in [-0.15, -0.1) is 0 Å². The highest BCUT2D eigenvalue weighted by molar-refractivity contribution is 6.31. The summed E-state index contributed by atoms with van der Waals surface area (Å²) in [4.78, 5) is 28.0. The Kier molecular flexibility index (Phi) is 8.28. The molecule has 0 heterocycles. The van der Waals surface area contributed by atoms with E-state index in [9.17, 15) is 9.59 Å². The highest BCUT2D eigenvalue weighted by Gasteiger charge is 2.30. The summed E-state index contributed by atoms with van der Waals surface area (Å²) in [6.07, 6.45) is 0.289. The number of rotatable bonds is 9. The fourth-order valence-electron chi connectivity index (χ4n) is 3.48. The lowest BCUT2D eigenvalue weighted by Gasteiger charge is -2.31. The Labute approximate surface area is 194 Å². The van der Waals surface area contributed by atoms with E-state index in [0.717, 1.165) is 22.4 Å². The van der Waals surface area contributed by atoms with Gasteiger partial charge in [0.15, 0.2) is 0 Å². The third-order valence-electron chi connectivity index (χ3n) is 5.22. The minimum absolute atomic E-state index is 0.109. The summed E-state index contributed by atoms with van der Waals surface area (Å²) in [5, 5.41) is 3.55. The number of carbonyl (C=O) groups excluding carboxylic acids is 2. The first-order valence-electron chi connectivity index (χ1n) is 10.5. The van der Waals surface area contributed by atoms with Crippen LogP contribution in [0.25, 0.3) is 0 Å². The molecule has 6 heteroatoms. The van der Waals surface area contributed by atoms with E-state index in [2.05, 4.69) is 5.32 Å². The van der Waals surface area contributed by atoms with Gasteiger partial charge in [0.2, 0.25) is 11.8 Å². The standard InChI is InChI=1S/C26H27ClN2O3/c1-3-24(30)29(18-19-13-15-22(32-2)16-14-19)25(20-9-5-4-6-10-20)26(31)28-17-21-11-7-8-12-23(21)27/h4-16,25H,3,17-18H2,1-2H3,(H,28,31)/t25-/m1/s1. The number of hydrogen-bond acceptors (Lipinski definition) is 3. The zero-order valence-corrected chi connectivity index (χ0v) is 19.0. The zero-order valence-electron chi connectivity index (χ0n) is 18.3. The molecule has 0 spiro atoms. The van der Waals surface area contributed by atoms with Gasteiger partial charge >= 0.3 is 0 Å². The molecule has 166 valence electrons. The van der Waals surface area contributed by atoms with Crippen molar-refractivity contribution in [2.45, 2.75) is 32.5 Å². The van der Waals surface area contributed by atoms with E-state index in [-0.39, 0.29) is 24.8 Å². The topological polar surface area (TPSA) is 58.6 Å². The number of carbonyl (C=O) groups is 2. The zero-order chi connectivity index (χ0) is 22.9. The Hall–Kier alpha value is -3.31. The summed E-state index contributed by atoms with van der Waals surface area (Å²) < 4.78 is 5.23. The van der Waals surface area contributed by atoms with Gasteiger partial charge in [-0.25, -0.2) is 0 Å². The molecule has 0 aliphatic heterocycles. The Morgan fingerprint density at radius 3 is 2.25 bits per heavy atom. The number of amides is 2. The second-order valence-corrected chi connectivity index (χ2v) is 7.75. The Balaban J connectivity index is 1.90. The highest BCUT2D eigenvalue weighted by atomic mass is 35.5. The second-order valence-electron chi connectivity index (χ2n) is 7.35. The van der Waals surface area contributed by atoms with E-state index < -0.39 is 6.04 Å². The van der Waals surface area contributed by atoms with Crippen LogP contribution in [-0.2, 0) is 22.7 Å². The van der Waals surface area contributed by atoms with Crippen molar-refractivity contribution < 1.29 is 14.3 Å². The van der Waals surface area contributed by atoms with E-state index in [1.54, 1.807) is 25.0 Å². The van der Waals surface area contributed by atoms with Crippen molar-refractivity contribution in [3.63, 3.8) is 0 Å². The first-order chi connectivity index (χ1) is 15.5. The number of ether oxygens (including phenoxy) is 1. The fourth-order valence-corrected chi connectivity index (χ4v) is 3.69. The van der Waals surface area contributed by atoms with Gasteiger partial charge in [0.05, 0.1) is 7.11 Å². The van der Waals surface area contributed by atoms with Gasteiger partial charge in [-0.05, 0) is 34.9 Å². The van der Waals surface area contributed by atoms with E-state index in [4.69, 9.17) is 16.3 Å². The van der Waals surface area contributed by atoms with Gasteiger partial charge in [0.25, 0.3) is 0 Å². The van der Waals surface area contributed by atoms with Crippen LogP contribution in [0.3, 0.4) is 0 Å². The molecule has 3 aromatic rings. The monoisotopic (exact) mass is 450 g/mol. The maximum atomic E-state index is 13.4. The number of hydrogen-bond donors (Lipinski definition) is 1. The number of halogens is 1. The lowest BCUT2D eigenvalue weighted by Crippen LogP contribution is -2.43. The summed E-state index contributed by atoms with van der Waals surface area (Å²) in [6.45, 7) is 2.38. The van der Waals surface area contributed by atoms with Crippen molar-refractivity contribution in [2.24, 2.45) is 0 Å². The van der Waals surface area contributed by atoms with Crippen molar-refractivity contribution in [3.05, 3.63) is 101 Å². The smallest absolute Gasteiger partial charge is 0.247 e. The van der Waals surface area contributed by atoms with Crippen LogP contribution in [0.2, 0.25) is 5.02 Å². The first-order valence-corrected chi connectivity index (χ1v) is 10.9. The number of nitrogens with one attached hydrogen (secondary N) is 1. The molecule has 5 nitrogen and oxygen atoms in total. The first kappa shape index (κ1) is 23.4. The van der Waals surface area contributed by atoms with Gasteiger partial charge < -0.3 is 15.0 Å². The molecular formula is C26H27ClN2O3. The molecule has 2 amide bonds. The fraction of sp³-hybridized carbons (Fsp3) is 0.231. The van der Waals surface area contributed by atoms with Gasteiger partial charge in [0, 0.05) is 24.5 Å².